The van der Waals surface area contributed by atoms with Gasteiger partial charge >= 0.3 is 12.1 Å². The molecule has 0 saturated carbocycles. The van der Waals surface area contributed by atoms with Crippen molar-refractivity contribution in [3.8, 4) is 5.75 Å². The van der Waals surface area contributed by atoms with Gasteiger partial charge < -0.3 is 23.7 Å². The van der Waals surface area contributed by atoms with Gasteiger partial charge in [-0.05, 0) is 47.8 Å². The first-order valence-corrected chi connectivity index (χ1v) is 15.9. The average molecular weight is 544 g/mol. The maximum absolute atomic E-state index is 13.3. The molecule has 1 amide bonds. The summed E-state index contributed by atoms with van der Waals surface area (Å²) in [5.74, 6) is -0.263. The number of hydrogen-bond acceptors (Lipinski definition) is 6. The van der Waals surface area contributed by atoms with Crippen molar-refractivity contribution in [2.45, 2.75) is 83.2 Å². The van der Waals surface area contributed by atoms with Crippen LogP contribution in [0.25, 0.3) is 0 Å². The zero-order valence-electron chi connectivity index (χ0n) is 23.3. The Kier molecular flexibility index (Phi) is 9.98. The molecule has 2 aromatic rings. The number of methoxy groups -OCH3 is 1. The van der Waals surface area contributed by atoms with Crippen molar-refractivity contribution in [2.24, 2.45) is 0 Å². The second kappa shape index (κ2) is 12.8. The number of carbonyl (C=O) groups excluding carboxylic acids is 1. The summed E-state index contributed by atoms with van der Waals surface area (Å²) in [6.45, 7) is 11.5. The Balaban J connectivity index is 1.80. The van der Waals surface area contributed by atoms with Crippen LogP contribution in [0.3, 0.4) is 0 Å². The molecule has 1 aliphatic rings. The van der Waals surface area contributed by atoms with E-state index >= 15 is 0 Å². The van der Waals surface area contributed by atoms with Gasteiger partial charge in [0.25, 0.3) is 0 Å². The highest BCUT2D eigenvalue weighted by atomic mass is 28.4. The van der Waals surface area contributed by atoms with E-state index in [0.29, 0.717) is 13.0 Å². The molecule has 1 N–H and O–H groups in total. The van der Waals surface area contributed by atoms with Crippen molar-refractivity contribution < 1.29 is 33.3 Å². The van der Waals surface area contributed by atoms with Crippen LogP contribution in [0, 0.1) is 0 Å². The fourth-order valence-electron chi connectivity index (χ4n) is 4.27. The standard InChI is InChI=1S/C29H41NO7Si/c1-29(2,3)38(5,6)37-24-16-25(30(18-24)28(33)36-20-21-10-8-7-9-11-21)26(17-27(31)32)35-19-22-12-14-23(34-4)15-13-22/h7-15,24-26H,16-20H2,1-6H3,(H,31,32)/t24-,25+,26-/m1/s1. The van der Waals surface area contributed by atoms with E-state index in [4.69, 9.17) is 18.6 Å². The number of carboxylic acids is 1. The molecule has 1 aliphatic heterocycles. The molecule has 0 aromatic heterocycles. The lowest BCUT2D eigenvalue weighted by Crippen LogP contribution is -2.45. The molecule has 0 radical (unpaired) electrons. The Bertz CT molecular complexity index is 1050. The molecule has 208 valence electrons. The summed E-state index contributed by atoms with van der Waals surface area (Å²) in [5, 5.41) is 9.69. The summed E-state index contributed by atoms with van der Waals surface area (Å²) in [5.41, 5.74) is 1.76. The third-order valence-corrected chi connectivity index (χ3v) is 12.0. The lowest BCUT2D eigenvalue weighted by atomic mass is 10.0. The smallest absolute Gasteiger partial charge is 0.410 e. The molecular weight excluding hydrogens is 502 g/mol. The van der Waals surface area contributed by atoms with E-state index in [1.54, 1.807) is 12.0 Å². The van der Waals surface area contributed by atoms with E-state index < -0.39 is 32.5 Å². The summed E-state index contributed by atoms with van der Waals surface area (Å²) in [4.78, 5) is 26.7. The van der Waals surface area contributed by atoms with Crippen LogP contribution in [0.4, 0.5) is 4.79 Å². The maximum Gasteiger partial charge on any atom is 0.410 e. The third-order valence-electron chi connectivity index (χ3n) is 7.44. The van der Waals surface area contributed by atoms with Crippen LogP contribution in [-0.2, 0) is 31.9 Å². The number of hydrogen-bond donors (Lipinski definition) is 1. The minimum atomic E-state index is -2.13. The van der Waals surface area contributed by atoms with Crippen molar-refractivity contribution in [1.29, 1.82) is 0 Å². The molecule has 3 rings (SSSR count). The predicted molar refractivity (Wildman–Crippen MR) is 148 cm³/mol. The van der Waals surface area contributed by atoms with E-state index in [-0.39, 0.29) is 30.8 Å². The van der Waals surface area contributed by atoms with Gasteiger partial charge in [-0.1, -0.05) is 63.2 Å². The van der Waals surface area contributed by atoms with Crippen molar-refractivity contribution >= 4 is 20.4 Å². The molecule has 2 aromatic carbocycles. The maximum atomic E-state index is 13.3. The molecule has 0 spiro atoms. The van der Waals surface area contributed by atoms with Gasteiger partial charge in [-0.25, -0.2) is 4.79 Å². The highest BCUT2D eigenvalue weighted by Gasteiger charge is 2.46. The van der Waals surface area contributed by atoms with E-state index in [1.807, 2.05) is 54.6 Å². The Morgan fingerprint density at radius 1 is 1.03 bits per heavy atom. The number of benzene rings is 2. The molecule has 9 heteroatoms. The van der Waals surface area contributed by atoms with Crippen molar-refractivity contribution in [1.82, 2.24) is 4.90 Å². The van der Waals surface area contributed by atoms with Crippen LogP contribution >= 0.6 is 0 Å². The Labute approximate surface area is 227 Å². The number of carbonyl (C=O) groups is 2. The number of carboxylic acid groups (broad SMARTS) is 1. The normalized spacial score (nSPS) is 18.7. The summed E-state index contributed by atoms with van der Waals surface area (Å²) < 4.78 is 23.7. The number of ether oxygens (including phenoxy) is 3. The first kappa shape index (κ1) is 29.7. The summed E-state index contributed by atoms with van der Waals surface area (Å²) in [7, 11) is -0.530. The zero-order valence-corrected chi connectivity index (χ0v) is 24.3. The first-order chi connectivity index (χ1) is 17.9. The highest BCUT2D eigenvalue weighted by Crippen LogP contribution is 2.39. The molecule has 38 heavy (non-hydrogen) atoms. The van der Waals surface area contributed by atoms with E-state index in [0.717, 1.165) is 16.9 Å². The van der Waals surface area contributed by atoms with E-state index in [9.17, 15) is 14.7 Å². The molecule has 0 aliphatic carbocycles. The zero-order chi connectivity index (χ0) is 27.9. The highest BCUT2D eigenvalue weighted by molar-refractivity contribution is 6.74. The Morgan fingerprint density at radius 3 is 2.24 bits per heavy atom. The van der Waals surface area contributed by atoms with Gasteiger partial charge in [-0.15, -0.1) is 0 Å². The fourth-order valence-corrected chi connectivity index (χ4v) is 5.63. The van der Waals surface area contributed by atoms with Gasteiger partial charge in [0, 0.05) is 6.54 Å². The van der Waals surface area contributed by atoms with Gasteiger partial charge in [0.2, 0.25) is 0 Å². The van der Waals surface area contributed by atoms with Crippen LogP contribution in [0.15, 0.2) is 54.6 Å². The van der Waals surface area contributed by atoms with Crippen LogP contribution in [0.5, 0.6) is 5.75 Å². The Morgan fingerprint density at radius 2 is 1.66 bits per heavy atom. The van der Waals surface area contributed by atoms with Gasteiger partial charge in [0.1, 0.15) is 12.4 Å². The summed E-state index contributed by atoms with van der Waals surface area (Å²) in [6.07, 6.45) is -1.22. The SMILES string of the molecule is COc1ccc(CO[C@H](CC(=O)O)[C@@H]2C[C@@H](O[Si](C)(C)C(C)(C)C)CN2C(=O)OCc2ccccc2)cc1. The third kappa shape index (κ3) is 8.06. The first-order valence-electron chi connectivity index (χ1n) is 13.0. The molecule has 8 nitrogen and oxygen atoms in total. The second-order valence-electron chi connectivity index (χ2n) is 11.3. The van der Waals surface area contributed by atoms with Crippen LogP contribution in [0.2, 0.25) is 18.1 Å². The van der Waals surface area contributed by atoms with Gasteiger partial charge in [0.05, 0.1) is 38.4 Å². The monoisotopic (exact) mass is 543 g/mol. The molecule has 0 bridgehead atoms. The van der Waals surface area contributed by atoms with Crippen molar-refractivity contribution in [3.05, 3.63) is 65.7 Å². The lowest BCUT2D eigenvalue weighted by molar-refractivity contribution is -0.142. The van der Waals surface area contributed by atoms with E-state index in [2.05, 4.69) is 33.9 Å². The molecular formula is C29H41NO7Si. The van der Waals surface area contributed by atoms with Crippen LogP contribution in [0.1, 0.15) is 44.7 Å². The van der Waals surface area contributed by atoms with Crippen molar-refractivity contribution in [3.63, 3.8) is 0 Å². The van der Waals surface area contributed by atoms with Gasteiger partial charge in [-0.2, -0.15) is 0 Å². The van der Waals surface area contributed by atoms with Gasteiger partial charge in [-0.3, -0.25) is 9.69 Å². The average Bonchev–Trinajstić information content (AvgIpc) is 3.28. The van der Waals surface area contributed by atoms with E-state index in [1.165, 1.54) is 0 Å². The number of aliphatic carboxylic acids is 1. The topological polar surface area (TPSA) is 94.5 Å². The molecule has 0 unspecified atom stereocenters. The molecule has 1 heterocycles. The number of likely N-dealkylation sites (tertiary alicyclic amines) is 1. The molecule has 3 atom stereocenters. The minimum absolute atomic E-state index is 0.00489. The largest absolute Gasteiger partial charge is 0.497 e. The quantitative estimate of drug-likeness (QED) is 0.355. The van der Waals surface area contributed by atoms with Crippen LogP contribution < -0.4 is 4.74 Å². The minimum Gasteiger partial charge on any atom is -0.497 e. The lowest BCUT2D eigenvalue weighted by Gasteiger charge is -2.38. The fraction of sp³-hybridized carbons (Fsp3) is 0.517. The summed E-state index contributed by atoms with van der Waals surface area (Å²) >= 11 is 0. The van der Waals surface area contributed by atoms with Crippen LogP contribution in [-0.4, -0.2) is 62.3 Å². The predicted octanol–water partition coefficient (Wildman–Crippen LogP) is 5.86. The number of rotatable bonds is 11. The molecule has 1 fully saturated rings. The molecule has 1 saturated heterocycles. The Hall–Kier alpha value is -2.88. The number of nitrogens with zero attached hydrogens (tertiary/aromatic N) is 1. The van der Waals surface area contributed by atoms with Gasteiger partial charge in [0.15, 0.2) is 8.32 Å². The summed E-state index contributed by atoms with van der Waals surface area (Å²) in [6, 6.07) is 16.4. The number of amides is 1. The van der Waals surface area contributed by atoms with Crippen molar-refractivity contribution in [2.75, 3.05) is 13.7 Å². The second-order valence-corrected chi connectivity index (χ2v) is 16.0.